The maximum atomic E-state index is 13.2. The van der Waals surface area contributed by atoms with Gasteiger partial charge in [-0.15, -0.1) is 0 Å². The number of hydrogen-bond donors (Lipinski definition) is 0. The number of aromatic nitrogens is 1. The normalized spacial score (nSPS) is 12.9. The van der Waals surface area contributed by atoms with E-state index in [-0.39, 0.29) is 21.0 Å². The summed E-state index contributed by atoms with van der Waals surface area (Å²) in [7, 11) is -7.91. The van der Waals surface area contributed by atoms with Crippen LogP contribution in [0.3, 0.4) is 0 Å². The maximum Gasteiger partial charge on any atom is 0.416 e. The van der Waals surface area contributed by atoms with Crippen molar-refractivity contribution >= 4 is 25.8 Å². The molecule has 0 aliphatic carbocycles. The second-order valence-electron chi connectivity index (χ2n) is 6.50. The molecule has 3 rings (SSSR count). The minimum Gasteiger partial charge on any atom is -0.245 e. The fourth-order valence-corrected chi connectivity index (χ4v) is 5.07. The van der Waals surface area contributed by atoms with Gasteiger partial charge in [0.1, 0.15) is 0 Å². The predicted molar refractivity (Wildman–Crippen MR) is 109 cm³/mol. The van der Waals surface area contributed by atoms with Crippen molar-refractivity contribution in [2.45, 2.75) is 21.9 Å². The van der Waals surface area contributed by atoms with Gasteiger partial charge in [-0.05, 0) is 53.6 Å². The summed E-state index contributed by atoms with van der Waals surface area (Å²) in [6.45, 7) is 0. The van der Waals surface area contributed by atoms with Gasteiger partial charge in [0.05, 0.1) is 16.2 Å². The molecular weight excluding hydrogens is 451 g/mol. The zero-order chi connectivity index (χ0) is 22.7. The molecular formula is C21H16F3NO4S2. The fraction of sp³-hybridized carbons (Fsp3) is 0.0952. The Bertz CT molecular complexity index is 1300. The van der Waals surface area contributed by atoms with Crippen molar-refractivity contribution < 1.29 is 30.0 Å². The molecule has 162 valence electrons. The molecule has 0 unspecified atom stereocenters. The number of nitrogens with zero attached hydrogens (tertiary/aromatic N) is 1. The number of hydrogen-bond acceptors (Lipinski definition) is 5. The van der Waals surface area contributed by atoms with Crippen LogP contribution in [0.25, 0.3) is 6.08 Å². The Balaban J connectivity index is 2.05. The highest BCUT2D eigenvalue weighted by molar-refractivity contribution is 7.94. The molecule has 0 radical (unpaired) electrons. The molecule has 0 fully saturated rings. The van der Waals surface area contributed by atoms with Crippen molar-refractivity contribution in [3.05, 3.63) is 95.0 Å². The lowest BCUT2D eigenvalue weighted by Crippen LogP contribution is -2.10. The molecule has 0 N–H and O–H groups in total. The van der Waals surface area contributed by atoms with Crippen LogP contribution in [0.15, 0.2) is 88.3 Å². The molecule has 3 aromatic rings. The van der Waals surface area contributed by atoms with Gasteiger partial charge in [0.25, 0.3) is 0 Å². The SMILES string of the molecule is O=S(=O)(/C=C/c1cc(C(F)(F)F)ccc1CS(=O)(=O)c1ccccn1)c1ccccc1. The summed E-state index contributed by atoms with van der Waals surface area (Å²) in [5.74, 6) is -0.646. The van der Waals surface area contributed by atoms with Crippen LogP contribution in [0.4, 0.5) is 13.2 Å². The number of sulfone groups is 2. The van der Waals surface area contributed by atoms with Crippen LogP contribution < -0.4 is 0 Å². The fourth-order valence-electron chi connectivity index (χ4n) is 2.72. The van der Waals surface area contributed by atoms with Gasteiger partial charge in [0.15, 0.2) is 24.7 Å². The molecule has 0 aliphatic heterocycles. The lowest BCUT2D eigenvalue weighted by atomic mass is 10.0. The molecule has 0 aliphatic rings. The Morgan fingerprint density at radius 2 is 1.55 bits per heavy atom. The predicted octanol–water partition coefficient (Wildman–Crippen LogP) is 4.52. The van der Waals surface area contributed by atoms with E-state index in [1.54, 1.807) is 6.07 Å². The molecule has 0 saturated heterocycles. The molecule has 0 amide bonds. The van der Waals surface area contributed by atoms with Gasteiger partial charge in [-0.3, -0.25) is 0 Å². The van der Waals surface area contributed by atoms with E-state index in [1.807, 2.05) is 0 Å². The quantitative estimate of drug-likeness (QED) is 0.533. The van der Waals surface area contributed by atoms with Crippen molar-refractivity contribution in [3.63, 3.8) is 0 Å². The number of rotatable bonds is 6. The van der Waals surface area contributed by atoms with Gasteiger partial charge in [0, 0.05) is 11.6 Å². The van der Waals surface area contributed by atoms with Crippen LogP contribution in [0.1, 0.15) is 16.7 Å². The highest BCUT2D eigenvalue weighted by atomic mass is 32.2. The third-order valence-electron chi connectivity index (χ3n) is 4.27. The summed E-state index contributed by atoms with van der Waals surface area (Å²) in [6, 6.07) is 14.1. The highest BCUT2D eigenvalue weighted by Crippen LogP contribution is 2.32. The Morgan fingerprint density at radius 3 is 2.16 bits per heavy atom. The summed E-state index contributed by atoms with van der Waals surface area (Å²) in [5.41, 5.74) is -1.18. The number of benzene rings is 2. The molecule has 2 aromatic carbocycles. The molecule has 10 heteroatoms. The summed E-state index contributed by atoms with van der Waals surface area (Å²) >= 11 is 0. The first-order valence-electron chi connectivity index (χ1n) is 8.81. The van der Waals surface area contributed by atoms with Crippen molar-refractivity contribution in [1.29, 1.82) is 0 Å². The average Bonchev–Trinajstić information content (AvgIpc) is 2.73. The Morgan fingerprint density at radius 1 is 0.871 bits per heavy atom. The van der Waals surface area contributed by atoms with E-state index in [9.17, 15) is 30.0 Å². The van der Waals surface area contributed by atoms with Crippen LogP contribution in [0.5, 0.6) is 0 Å². The van der Waals surface area contributed by atoms with Gasteiger partial charge in [-0.25, -0.2) is 21.8 Å². The summed E-state index contributed by atoms with van der Waals surface area (Å²) in [6.07, 6.45) is -2.42. The zero-order valence-corrected chi connectivity index (χ0v) is 17.5. The third kappa shape index (κ3) is 5.59. The first kappa shape index (κ1) is 22.7. The van der Waals surface area contributed by atoms with Gasteiger partial charge in [-0.2, -0.15) is 13.2 Å². The van der Waals surface area contributed by atoms with Crippen molar-refractivity contribution in [1.82, 2.24) is 4.98 Å². The van der Waals surface area contributed by atoms with Gasteiger partial charge < -0.3 is 0 Å². The number of halogens is 3. The Hall–Kier alpha value is -2.98. The van der Waals surface area contributed by atoms with Gasteiger partial charge in [0.2, 0.25) is 0 Å². The highest BCUT2D eigenvalue weighted by Gasteiger charge is 2.31. The van der Waals surface area contributed by atoms with Gasteiger partial charge >= 0.3 is 6.18 Å². The topological polar surface area (TPSA) is 81.2 Å². The lowest BCUT2D eigenvalue weighted by molar-refractivity contribution is -0.137. The molecule has 5 nitrogen and oxygen atoms in total. The van der Waals surface area contributed by atoms with Crippen molar-refractivity contribution in [2.75, 3.05) is 0 Å². The monoisotopic (exact) mass is 467 g/mol. The summed E-state index contributed by atoms with van der Waals surface area (Å²) < 4.78 is 89.7. The van der Waals surface area contributed by atoms with E-state index in [4.69, 9.17) is 0 Å². The largest absolute Gasteiger partial charge is 0.416 e. The van der Waals surface area contributed by atoms with E-state index in [1.165, 1.54) is 48.7 Å². The smallest absolute Gasteiger partial charge is 0.245 e. The summed E-state index contributed by atoms with van der Waals surface area (Å²) in [5, 5.41) is 0.524. The minimum absolute atomic E-state index is 0.0122. The molecule has 0 bridgehead atoms. The van der Waals surface area contributed by atoms with Crippen LogP contribution in [-0.4, -0.2) is 21.8 Å². The van der Waals surface area contributed by atoms with E-state index in [2.05, 4.69) is 4.98 Å². The van der Waals surface area contributed by atoms with Crippen LogP contribution >= 0.6 is 0 Å². The lowest BCUT2D eigenvalue weighted by Gasteiger charge is -2.12. The Labute approximate surface area is 177 Å². The molecule has 0 spiro atoms. The zero-order valence-electron chi connectivity index (χ0n) is 15.8. The van der Waals surface area contributed by atoms with Crippen LogP contribution in [0, 0.1) is 0 Å². The minimum atomic E-state index is -4.68. The summed E-state index contributed by atoms with van der Waals surface area (Å²) in [4.78, 5) is 3.74. The number of alkyl halides is 3. The van der Waals surface area contributed by atoms with E-state index in [0.717, 1.165) is 29.7 Å². The molecule has 1 aromatic heterocycles. The Kier molecular flexibility index (Phi) is 6.33. The number of pyridine rings is 1. The molecule has 1 heterocycles. The maximum absolute atomic E-state index is 13.2. The van der Waals surface area contributed by atoms with Gasteiger partial charge in [-0.1, -0.05) is 30.3 Å². The van der Waals surface area contributed by atoms with Crippen LogP contribution in [-0.2, 0) is 31.6 Å². The molecule has 31 heavy (non-hydrogen) atoms. The van der Waals surface area contributed by atoms with Crippen molar-refractivity contribution in [2.24, 2.45) is 0 Å². The standard InChI is InChI=1S/C21H16F3NO4S2/c22-21(23,24)18-10-9-17(15-31(28,29)20-8-4-5-12-25-20)16(14-18)11-13-30(26,27)19-6-2-1-3-7-19/h1-14H,15H2/b13-11+. The van der Waals surface area contributed by atoms with Crippen molar-refractivity contribution in [3.8, 4) is 0 Å². The third-order valence-corrected chi connectivity index (χ3v) is 7.27. The van der Waals surface area contributed by atoms with E-state index < -0.39 is 37.2 Å². The molecule has 0 saturated carbocycles. The first-order valence-corrected chi connectivity index (χ1v) is 12.0. The first-order chi connectivity index (χ1) is 14.5. The second kappa shape index (κ2) is 8.64. The van der Waals surface area contributed by atoms with Crippen LogP contribution in [0.2, 0.25) is 0 Å². The average molecular weight is 467 g/mol. The molecule has 0 atom stereocenters. The van der Waals surface area contributed by atoms with E-state index in [0.29, 0.717) is 0 Å². The second-order valence-corrected chi connectivity index (χ2v) is 10.3. The van der Waals surface area contributed by atoms with E-state index >= 15 is 0 Å².